The molecule has 1 aromatic carbocycles. The van der Waals surface area contributed by atoms with Crippen molar-refractivity contribution in [3.8, 4) is 0 Å². The number of carbonyl (C=O) groups is 1. The number of nitrogens with zero attached hydrogens (tertiary/aromatic N) is 1. The number of carboxylic acid groups (broad SMARTS) is 1. The summed E-state index contributed by atoms with van der Waals surface area (Å²) in [7, 11) is 0. The summed E-state index contributed by atoms with van der Waals surface area (Å²) in [5.41, 5.74) is 2.27. The molecular weight excluding hydrogens is 202 g/mol. The molecular formula is C13H13NO2. The molecule has 0 fully saturated rings. The number of aryl methyl sites for hydroxylation is 1. The fourth-order valence-corrected chi connectivity index (χ4v) is 1.85. The van der Waals surface area contributed by atoms with Crippen LogP contribution in [0.3, 0.4) is 0 Å². The third kappa shape index (κ3) is 1.98. The van der Waals surface area contributed by atoms with E-state index in [2.05, 4.69) is 16.7 Å². The van der Waals surface area contributed by atoms with Crippen LogP contribution in [0.15, 0.2) is 42.5 Å². The first-order chi connectivity index (χ1) is 7.68. The van der Waals surface area contributed by atoms with Gasteiger partial charge in [-0.1, -0.05) is 24.3 Å². The maximum absolute atomic E-state index is 10.4. The van der Waals surface area contributed by atoms with E-state index in [1.165, 1.54) is 11.5 Å². The van der Waals surface area contributed by atoms with E-state index in [0.29, 0.717) is 6.54 Å². The molecule has 82 valence electrons. The lowest BCUT2D eigenvalue weighted by Gasteiger charge is -2.03. The Morgan fingerprint density at radius 2 is 2.19 bits per heavy atom. The molecule has 0 aliphatic heterocycles. The molecule has 2 rings (SSSR count). The first kappa shape index (κ1) is 10.5. The first-order valence-corrected chi connectivity index (χ1v) is 5.13. The monoisotopic (exact) mass is 215 g/mol. The van der Waals surface area contributed by atoms with Gasteiger partial charge in [-0.05, 0) is 24.4 Å². The molecule has 0 saturated carbocycles. The first-order valence-electron chi connectivity index (χ1n) is 5.13. The summed E-state index contributed by atoms with van der Waals surface area (Å²) >= 11 is 0. The SMILES string of the molecule is Cc1cc2ccccc2n1CC=CC(=O)O. The zero-order chi connectivity index (χ0) is 11.5. The Morgan fingerprint density at radius 3 is 2.94 bits per heavy atom. The molecule has 0 radical (unpaired) electrons. The lowest BCUT2D eigenvalue weighted by Crippen LogP contribution is -1.98. The molecule has 0 aliphatic carbocycles. The highest BCUT2D eigenvalue weighted by molar-refractivity contribution is 5.81. The van der Waals surface area contributed by atoms with Crippen LogP contribution in [0.2, 0.25) is 0 Å². The smallest absolute Gasteiger partial charge is 0.328 e. The lowest BCUT2D eigenvalue weighted by molar-refractivity contribution is -0.131. The van der Waals surface area contributed by atoms with Crippen LogP contribution in [0.25, 0.3) is 10.9 Å². The highest BCUT2D eigenvalue weighted by Gasteiger charge is 2.02. The second-order valence-corrected chi connectivity index (χ2v) is 3.70. The van der Waals surface area contributed by atoms with Gasteiger partial charge in [0.05, 0.1) is 0 Å². The summed E-state index contributed by atoms with van der Waals surface area (Å²) in [5, 5.41) is 9.71. The minimum Gasteiger partial charge on any atom is -0.478 e. The average Bonchev–Trinajstić information content (AvgIpc) is 2.55. The maximum Gasteiger partial charge on any atom is 0.328 e. The van der Waals surface area contributed by atoms with Crippen LogP contribution in [-0.2, 0) is 11.3 Å². The van der Waals surface area contributed by atoms with Crippen LogP contribution in [0, 0.1) is 6.92 Å². The molecule has 0 unspecified atom stereocenters. The third-order valence-corrected chi connectivity index (χ3v) is 2.57. The van der Waals surface area contributed by atoms with E-state index in [1.54, 1.807) is 6.08 Å². The molecule has 0 spiro atoms. The lowest BCUT2D eigenvalue weighted by atomic mass is 10.2. The second-order valence-electron chi connectivity index (χ2n) is 3.70. The number of hydrogen-bond acceptors (Lipinski definition) is 1. The number of benzene rings is 1. The van der Waals surface area contributed by atoms with Gasteiger partial charge in [0, 0.05) is 23.8 Å². The Balaban J connectivity index is 2.36. The van der Waals surface area contributed by atoms with Crippen molar-refractivity contribution in [3.63, 3.8) is 0 Å². The van der Waals surface area contributed by atoms with Crippen LogP contribution >= 0.6 is 0 Å². The van der Waals surface area contributed by atoms with Gasteiger partial charge in [0.1, 0.15) is 0 Å². The molecule has 2 aromatic rings. The summed E-state index contributed by atoms with van der Waals surface area (Å²) in [6.45, 7) is 2.61. The Labute approximate surface area is 93.6 Å². The molecule has 0 amide bonds. The Bertz CT molecular complexity index is 552. The average molecular weight is 215 g/mol. The summed E-state index contributed by atoms with van der Waals surface area (Å²) in [4.78, 5) is 10.4. The molecule has 16 heavy (non-hydrogen) atoms. The predicted octanol–water partition coefficient (Wildman–Crippen LogP) is 2.59. The van der Waals surface area contributed by atoms with Crippen molar-refractivity contribution in [2.75, 3.05) is 0 Å². The van der Waals surface area contributed by atoms with Crippen molar-refractivity contribution in [2.24, 2.45) is 0 Å². The third-order valence-electron chi connectivity index (χ3n) is 2.57. The molecule has 1 aromatic heterocycles. The highest BCUT2D eigenvalue weighted by Crippen LogP contribution is 2.18. The standard InChI is InChI=1S/C13H13NO2/c1-10-9-11-5-2-3-6-12(11)14(10)8-4-7-13(15)16/h2-7,9H,8H2,1H3,(H,15,16). The van der Waals surface area contributed by atoms with Gasteiger partial charge in [0.15, 0.2) is 0 Å². The van der Waals surface area contributed by atoms with E-state index in [9.17, 15) is 4.79 Å². The molecule has 3 nitrogen and oxygen atoms in total. The summed E-state index contributed by atoms with van der Waals surface area (Å²) in [6.07, 6.45) is 2.83. The number of para-hydroxylation sites is 1. The Morgan fingerprint density at radius 1 is 1.44 bits per heavy atom. The number of hydrogen-bond donors (Lipinski definition) is 1. The molecule has 0 saturated heterocycles. The van der Waals surface area contributed by atoms with E-state index in [1.807, 2.05) is 25.1 Å². The van der Waals surface area contributed by atoms with Gasteiger partial charge in [-0.15, -0.1) is 0 Å². The molecule has 0 bridgehead atoms. The summed E-state index contributed by atoms with van der Waals surface area (Å²) in [5.74, 6) is -0.908. The minimum atomic E-state index is -0.908. The maximum atomic E-state index is 10.4. The predicted molar refractivity (Wildman–Crippen MR) is 63.5 cm³/mol. The van der Waals surface area contributed by atoms with Gasteiger partial charge < -0.3 is 9.67 Å². The summed E-state index contributed by atoms with van der Waals surface area (Å²) < 4.78 is 2.09. The quantitative estimate of drug-likeness (QED) is 0.799. The Kier molecular flexibility index (Phi) is 2.77. The molecule has 0 aliphatic rings. The number of carboxylic acids is 1. The fraction of sp³-hybridized carbons (Fsp3) is 0.154. The fourth-order valence-electron chi connectivity index (χ4n) is 1.85. The van der Waals surface area contributed by atoms with Crippen molar-refractivity contribution in [1.82, 2.24) is 4.57 Å². The van der Waals surface area contributed by atoms with Crippen molar-refractivity contribution < 1.29 is 9.90 Å². The largest absolute Gasteiger partial charge is 0.478 e. The minimum absolute atomic E-state index is 0.589. The molecule has 1 N–H and O–H groups in total. The van der Waals surface area contributed by atoms with Crippen LogP contribution < -0.4 is 0 Å². The molecule has 0 atom stereocenters. The van der Waals surface area contributed by atoms with E-state index < -0.39 is 5.97 Å². The number of rotatable bonds is 3. The van der Waals surface area contributed by atoms with E-state index >= 15 is 0 Å². The van der Waals surface area contributed by atoms with Crippen molar-refractivity contribution in [1.29, 1.82) is 0 Å². The van der Waals surface area contributed by atoms with Crippen LogP contribution in [0.1, 0.15) is 5.69 Å². The van der Waals surface area contributed by atoms with Gasteiger partial charge in [0.2, 0.25) is 0 Å². The molecule has 1 heterocycles. The van der Waals surface area contributed by atoms with Crippen molar-refractivity contribution in [2.45, 2.75) is 13.5 Å². The van der Waals surface area contributed by atoms with Crippen LogP contribution in [-0.4, -0.2) is 15.6 Å². The number of fused-ring (bicyclic) bond motifs is 1. The zero-order valence-electron chi connectivity index (χ0n) is 9.05. The number of aliphatic carboxylic acids is 1. The number of allylic oxidation sites excluding steroid dienone is 1. The van der Waals surface area contributed by atoms with Crippen LogP contribution in [0.5, 0.6) is 0 Å². The van der Waals surface area contributed by atoms with Crippen molar-refractivity contribution in [3.05, 3.63) is 48.2 Å². The molecule has 3 heteroatoms. The van der Waals surface area contributed by atoms with Gasteiger partial charge >= 0.3 is 5.97 Å². The zero-order valence-corrected chi connectivity index (χ0v) is 9.05. The van der Waals surface area contributed by atoms with Crippen LogP contribution in [0.4, 0.5) is 0 Å². The van der Waals surface area contributed by atoms with Gasteiger partial charge in [-0.25, -0.2) is 4.79 Å². The van der Waals surface area contributed by atoms with E-state index in [4.69, 9.17) is 5.11 Å². The second kappa shape index (κ2) is 4.23. The van der Waals surface area contributed by atoms with E-state index in [0.717, 1.165) is 11.2 Å². The normalized spacial score (nSPS) is 11.3. The van der Waals surface area contributed by atoms with Crippen molar-refractivity contribution >= 4 is 16.9 Å². The van der Waals surface area contributed by atoms with Gasteiger partial charge in [-0.2, -0.15) is 0 Å². The van der Waals surface area contributed by atoms with Gasteiger partial charge in [-0.3, -0.25) is 0 Å². The topological polar surface area (TPSA) is 42.2 Å². The highest BCUT2D eigenvalue weighted by atomic mass is 16.4. The summed E-state index contributed by atoms with van der Waals surface area (Å²) in [6, 6.07) is 10.2. The number of aromatic nitrogens is 1. The van der Waals surface area contributed by atoms with Gasteiger partial charge in [0.25, 0.3) is 0 Å². The Hall–Kier alpha value is -2.03. The van der Waals surface area contributed by atoms with E-state index in [-0.39, 0.29) is 0 Å².